The molecule has 10 aromatic rings. The minimum absolute atomic E-state index is 0.480. The molecule has 1 aromatic heterocycles. The third-order valence-corrected chi connectivity index (χ3v) is 12.3. The zero-order valence-electron chi connectivity index (χ0n) is 31.6. The largest absolute Gasteiger partial charge is 0.453 e. The fraction of sp³-hybridized carbons (Fsp3) is 0.0182. The van der Waals surface area contributed by atoms with Gasteiger partial charge in [-0.2, -0.15) is 0 Å². The Hall–Kier alpha value is -7.62. The monoisotopic (exact) mass is 740 g/mol. The second-order valence-corrected chi connectivity index (χ2v) is 15.3. The number of benzene rings is 9. The highest BCUT2D eigenvalue weighted by Crippen LogP contribution is 2.57. The summed E-state index contributed by atoms with van der Waals surface area (Å²) in [5.74, 6) is 1.76. The van der Waals surface area contributed by atoms with Crippen LogP contribution in [0.4, 0.5) is 17.1 Å². The van der Waals surface area contributed by atoms with Gasteiger partial charge in [-0.05, 0) is 105 Å². The van der Waals surface area contributed by atoms with Gasteiger partial charge in [0.2, 0.25) is 0 Å². The molecule has 0 fully saturated rings. The van der Waals surface area contributed by atoms with Gasteiger partial charge in [0.15, 0.2) is 11.5 Å². The lowest BCUT2D eigenvalue weighted by Crippen LogP contribution is -2.28. The highest BCUT2D eigenvalue weighted by atomic mass is 16.5. The summed E-state index contributed by atoms with van der Waals surface area (Å²) in [6.45, 7) is 0. The molecular formula is C55H36N2O. The van der Waals surface area contributed by atoms with Crippen LogP contribution in [0, 0.1) is 0 Å². The molecule has 0 radical (unpaired) electrons. The van der Waals surface area contributed by atoms with E-state index in [1.165, 1.54) is 55.2 Å². The molecule has 0 atom stereocenters. The van der Waals surface area contributed by atoms with Crippen LogP contribution in [0.5, 0.6) is 11.5 Å². The maximum Gasteiger partial charge on any atom is 0.152 e. The lowest BCUT2D eigenvalue weighted by Gasteiger charge is -2.35. The van der Waals surface area contributed by atoms with E-state index in [1.807, 2.05) is 12.1 Å². The molecule has 0 bridgehead atoms. The summed E-state index contributed by atoms with van der Waals surface area (Å²) in [7, 11) is 0. The first kappa shape index (κ1) is 32.6. The minimum Gasteiger partial charge on any atom is -0.453 e. The number of fused-ring (bicyclic) bond motifs is 8. The van der Waals surface area contributed by atoms with Crippen molar-refractivity contribution in [3.8, 4) is 39.4 Å². The van der Waals surface area contributed by atoms with Crippen molar-refractivity contribution >= 4 is 38.9 Å². The smallest absolute Gasteiger partial charge is 0.152 e. The van der Waals surface area contributed by atoms with E-state index in [0.29, 0.717) is 0 Å². The van der Waals surface area contributed by atoms with Gasteiger partial charge < -0.3 is 14.2 Å². The Labute approximate surface area is 337 Å². The van der Waals surface area contributed by atoms with Crippen molar-refractivity contribution in [2.24, 2.45) is 0 Å². The van der Waals surface area contributed by atoms with Gasteiger partial charge in [-0.25, -0.2) is 0 Å². The Morgan fingerprint density at radius 1 is 0.397 bits per heavy atom. The molecule has 0 saturated carbocycles. The van der Waals surface area contributed by atoms with Gasteiger partial charge in [-0.3, -0.25) is 0 Å². The number of aromatic nitrogens is 1. The van der Waals surface area contributed by atoms with Crippen molar-refractivity contribution in [1.29, 1.82) is 0 Å². The van der Waals surface area contributed by atoms with Crippen molar-refractivity contribution in [2.75, 3.05) is 4.90 Å². The summed E-state index contributed by atoms with van der Waals surface area (Å²) in [6.07, 6.45) is 0. The van der Waals surface area contributed by atoms with Crippen LogP contribution >= 0.6 is 0 Å². The molecule has 2 aliphatic rings. The number of nitrogens with zero attached hydrogens (tertiary/aromatic N) is 2. The Balaban J connectivity index is 1.01. The molecule has 9 aromatic carbocycles. The van der Waals surface area contributed by atoms with E-state index >= 15 is 0 Å². The highest BCUT2D eigenvalue weighted by Gasteiger charge is 2.46. The number of anilines is 3. The van der Waals surface area contributed by atoms with Gasteiger partial charge in [0.05, 0.1) is 22.1 Å². The first-order chi connectivity index (χ1) is 28.8. The van der Waals surface area contributed by atoms with E-state index in [4.69, 9.17) is 4.74 Å². The molecular weight excluding hydrogens is 705 g/mol. The summed E-state index contributed by atoms with van der Waals surface area (Å²) >= 11 is 0. The lowest BCUT2D eigenvalue weighted by atomic mass is 9.67. The Morgan fingerprint density at radius 2 is 1.00 bits per heavy atom. The zero-order chi connectivity index (χ0) is 38.2. The van der Waals surface area contributed by atoms with Gasteiger partial charge in [-0.1, -0.05) is 158 Å². The van der Waals surface area contributed by atoms with Gasteiger partial charge in [0, 0.05) is 27.8 Å². The first-order valence-corrected chi connectivity index (χ1v) is 19.9. The fourth-order valence-corrected chi connectivity index (χ4v) is 9.79. The van der Waals surface area contributed by atoms with Crippen LogP contribution in [0.3, 0.4) is 0 Å². The SMILES string of the molecule is c1ccc(N(c2ccc(-c3ccc4c5cccc6c5n(c4c3)-c3ccccc3O6)cc2)c2ccc3c(c2)C(c2ccccc2)(c2ccccc2)c2ccccc2-3)cc1. The van der Waals surface area contributed by atoms with E-state index < -0.39 is 5.41 Å². The topological polar surface area (TPSA) is 17.4 Å². The number of hydrogen-bond acceptors (Lipinski definition) is 2. The van der Waals surface area contributed by atoms with Crippen LogP contribution < -0.4 is 9.64 Å². The molecule has 1 aliphatic carbocycles. The van der Waals surface area contributed by atoms with Gasteiger partial charge in [0.25, 0.3) is 0 Å². The second-order valence-electron chi connectivity index (χ2n) is 15.3. The van der Waals surface area contributed by atoms with Gasteiger partial charge >= 0.3 is 0 Å². The van der Waals surface area contributed by atoms with Crippen molar-refractivity contribution < 1.29 is 4.74 Å². The zero-order valence-corrected chi connectivity index (χ0v) is 31.6. The first-order valence-electron chi connectivity index (χ1n) is 19.9. The number of rotatable bonds is 6. The third-order valence-electron chi connectivity index (χ3n) is 12.3. The minimum atomic E-state index is -0.480. The van der Waals surface area contributed by atoms with E-state index in [2.05, 4.69) is 216 Å². The van der Waals surface area contributed by atoms with E-state index in [1.54, 1.807) is 0 Å². The fourth-order valence-electron chi connectivity index (χ4n) is 9.79. The highest BCUT2D eigenvalue weighted by molar-refractivity contribution is 6.13. The predicted octanol–water partition coefficient (Wildman–Crippen LogP) is 14.4. The number of para-hydroxylation sites is 4. The molecule has 0 N–H and O–H groups in total. The molecule has 3 nitrogen and oxygen atoms in total. The molecule has 12 rings (SSSR count). The molecule has 1 aliphatic heterocycles. The Morgan fingerprint density at radius 3 is 1.78 bits per heavy atom. The summed E-state index contributed by atoms with van der Waals surface area (Å²) < 4.78 is 8.74. The molecule has 3 heteroatoms. The molecule has 272 valence electrons. The molecule has 58 heavy (non-hydrogen) atoms. The van der Waals surface area contributed by atoms with E-state index in [-0.39, 0.29) is 0 Å². The summed E-state index contributed by atoms with van der Waals surface area (Å²) in [5, 5.41) is 2.41. The van der Waals surface area contributed by atoms with E-state index in [0.717, 1.165) is 45.3 Å². The van der Waals surface area contributed by atoms with Crippen LogP contribution in [0.15, 0.2) is 218 Å². The average molecular weight is 741 g/mol. The maximum atomic E-state index is 6.37. The maximum absolute atomic E-state index is 6.37. The number of hydrogen-bond donors (Lipinski definition) is 0. The molecule has 0 saturated heterocycles. The third kappa shape index (κ3) is 4.68. The van der Waals surface area contributed by atoms with Crippen LogP contribution in [0.25, 0.3) is 49.7 Å². The van der Waals surface area contributed by atoms with Crippen molar-refractivity contribution in [2.45, 2.75) is 5.41 Å². The Kier molecular flexibility index (Phi) is 7.14. The summed E-state index contributed by atoms with van der Waals surface area (Å²) in [4.78, 5) is 2.39. The summed E-state index contributed by atoms with van der Waals surface area (Å²) in [6, 6.07) is 79.3. The molecule has 2 heterocycles. The molecule has 0 spiro atoms. The normalized spacial score (nSPS) is 13.1. The van der Waals surface area contributed by atoms with Gasteiger partial charge in [0.1, 0.15) is 0 Å². The standard InChI is InChI=1S/C55H36N2O/c1-4-15-39(16-5-1)55(40-17-6-2-7-18-40)48-23-11-10-21-44(48)45-34-32-43(36-49(45)55)56(41-19-8-3-9-20-41)42-30-27-37(28-31-42)38-29-33-46-47-22-14-26-53-54(47)57(51(46)35-38)50-24-12-13-25-52(50)58-53/h1-36H. The van der Waals surface area contributed by atoms with Crippen LogP contribution in [0.1, 0.15) is 22.3 Å². The van der Waals surface area contributed by atoms with Crippen LogP contribution in [-0.4, -0.2) is 4.57 Å². The van der Waals surface area contributed by atoms with Crippen molar-refractivity contribution in [1.82, 2.24) is 4.57 Å². The molecule has 0 unspecified atom stereocenters. The quantitative estimate of drug-likeness (QED) is 0.169. The van der Waals surface area contributed by atoms with Gasteiger partial charge in [-0.15, -0.1) is 0 Å². The van der Waals surface area contributed by atoms with Crippen molar-refractivity contribution in [3.05, 3.63) is 241 Å². The second kappa shape index (κ2) is 12.7. The molecule has 0 amide bonds. The predicted molar refractivity (Wildman–Crippen MR) is 238 cm³/mol. The lowest BCUT2D eigenvalue weighted by molar-refractivity contribution is 0.476. The Bertz CT molecular complexity index is 3150. The van der Waals surface area contributed by atoms with Crippen LogP contribution in [-0.2, 0) is 5.41 Å². The summed E-state index contributed by atoms with van der Waals surface area (Å²) in [5.41, 5.74) is 16.2. The number of ether oxygens (including phenoxy) is 1. The average Bonchev–Trinajstić information content (AvgIpc) is 3.79. The van der Waals surface area contributed by atoms with E-state index in [9.17, 15) is 0 Å². The van der Waals surface area contributed by atoms with Crippen molar-refractivity contribution in [3.63, 3.8) is 0 Å². The van der Waals surface area contributed by atoms with Crippen LogP contribution in [0.2, 0.25) is 0 Å².